The maximum absolute atomic E-state index is 13.4. The van der Waals surface area contributed by atoms with Crippen molar-refractivity contribution in [1.29, 1.82) is 0 Å². The third-order valence-electron chi connectivity index (χ3n) is 5.14. The van der Waals surface area contributed by atoms with Crippen LogP contribution in [-0.2, 0) is 14.3 Å². The third-order valence-corrected chi connectivity index (χ3v) is 5.14. The zero-order chi connectivity index (χ0) is 18.0. The Bertz CT molecular complexity index is 658. The monoisotopic (exact) mass is 353 g/mol. The molecule has 0 aromatic heterocycles. The minimum atomic E-state index is -0.940. The van der Waals surface area contributed by atoms with Crippen LogP contribution in [0, 0.1) is 23.5 Å². The number of hydrogen-bond acceptors (Lipinski definition) is 3. The van der Waals surface area contributed by atoms with Gasteiger partial charge in [0, 0.05) is 12.5 Å². The minimum absolute atomic E-state index is 0.119. The summed E-state index contributed by atoms with van der Waals surface area (Å²) in [4.78, 5) is 23.5. The standard InChI is InChI=1S/C18H21F2NO4/c19-13-6-5-12(9-14(13)20)16-15(7-8-25-16)21-17(22)10-1-3-11(4-2-10)18(23)24/h5-6,9-11,15-16H,1-4,7-8H2,(H,21,22)(H,23,24). The van der Waals surface area contributed by atoms with Crippen molar-refractivity contribution < 1.29 is 28.2 Å². The highest BCUT2D eigenvalue weighted by atomic mass is 19.2. The zero-order valence-corrected chi connectivity index (χ0v) is 13.7. The molecule has 1 heterocycles. The average molecular weight is 353 g/mol. The average Bonchev–Trinajstić information content (AvgIpc) is 3.05. The van der Waals surface area contributed by atoms with Gasteiger partial charge in [-0.25, -0.2) is 8.78 Å². The first-order valence-corrected chi connectivity index (χ1v) is 8.55. The van der Waals surface area contributed by atoms with E-state index in [1.165, 1.54) is 6.07 Å². The number of halogens is 2. The molecule has 136 valence electrons. The number of carboxylic acid groups (broad SMARTS) is 1. The highest BCUT2D eigenvalue weighted by Crippen LogP contribution is 2.32. The highest BCUT2D eigenvalue weighted by Gasteiger charge is 2.35. The van der Waals surface area contributed by atoms with E-state index < -0.39 is 23.7 Å². The van der Waals surface area contributed by atoms with Crippen molar-refractivity contribution in [1.82, 2.24) is 5.32 Å². The number of carboxylic acids is 1. The normalized spacial score (nSPS) is 29.4. The summed E-state index contributed by atoms with van der Waals surface area (Å²) in [6.07, 6.45) is 2.19. The van der Waals surface area contributed by atoms with Crippen molar-refractivity contribution in [2.75, 3.05) is 6.61 Å². The second-order valence-corrected chi connectivity index (χ2v) is 6.76. The van der Waals surface area contributed by atoms with E-state index in [-0.39, 0.29) is 23.8 Å². The molecule has 2 atom stereocenters. The van der Waals surface area contributed by atoms with Crippen molar-refractivity contribution in [3.63, 3.8) is 0 Å². The van der Waals surface area contributed by atoms with Crippen LogP contribution in [0.3, 0.4) is 0 Å². The van der Waals surface area contributed by atoms with Gasteiger partial charge in [0.2, 0.25) is 5.91 Å². The summed E-state index contributed by atoms with van der Waals surface area (Å²) < 4.78 is 32.1. The van der Waals surface area contributed by atoms with Crippen molar-refractivity contribution in [2.45, 2.75) is 44.2 Å². The van der Waals surface area contributed by atoms with Gasteiger partial charge >= 0.3 is 5.97 Å². The number of hydrogen-bond donors (Lipinski definition) is 2. The van der Waals surface area contributed by atoms with E-state index >= 15 is 0 Å². The van der Waals surface area contributed by atoms with Crippen LogP contribution < -0.4 is 5.32 Å². The smallest absolute Gasteiger partial charge is 0.306 e. The number of rotatable bonds is 4. The Morgan fingerprint density at radius 1 is 1.04 bits per heavy atom. The molecular formula is C18H21F2NO4. The molecule has 2 unspecified atom stereocenters. The lowest BCUT2D eigenvalue weighted by atomic mass is 9.81. The van der Waals surface area contributed by atoms with Gasteiger partial charge in [0.15, 0.2) is 11.6 Å². The second-order valence-electron chi connectivity index (χ2n) is 6.76. The lowest BCUT2D eigenvalue weighted by Crippen LogP contribution is -2.41. The van der Waals surface area contributed by atoms with Gasteiger partial charge in [0.05, 0.1) is 12.0 Å². The minimum Gasteiger partial charge on any atom is -0.481 e. The van der Waals surface area contributed by atoms with Crippen LogP contribution in [0.4, 0.5) is 8.78 Å². The van der Waals surface area contributed by atoms with Crippen molar-refractivity contribution >= 4 is 11.9 Å². The molecule has 3 rings (SSSR count). The molecule has 1 aliphatic heterocycles. The van der Waals surface area contributed by atoms with Crippen LogP contribution in [-0.4, -0.2) is 29.6 Å². The Hall–Kier alpha value is -2.02. The van der Waals surface area contributed by atoms with Crippen molar-refractivity contribution in [3.8, 4) is 0 Å². The second kappa shape index (κ2) is 7.47. The molecule has 2 fully saturated rings. The number of amides is 1. The van der Waals surface area contributed by atoms with E-state index in [4.69, 9.17) is 9.84 Å². The van der Waals surface area contributed by atoms with Crippen LogP contribution in [0.25, 0.3) is 0 Å². The number of ether oxygens (including phenoxy) is 1. The molecule has 2 aliphatic rings. The Morgan fingerprint density at radius 2 is 1.72 bits per heavy atom. The molecule has 1 saturated heterocycles. The first-order valence-electron chi connectivity index (χ1n) is 8.55. The Kier molecular flexibility index (Phi) is 5.32. The number of benzene rings is 1. The van der Waals surface area contributed by atoms with Crippen LogP contribution in [0.2, 0.25) is 0 Å². The first-order chi connectivity index (χ1) is 12.0. The zero-order valence-electron chi connectivity index (χ0n) is 13.7. The summed E-state index contributed by atoms with van der Waals surface area (Å²) in [7, 11) is 0. The highest BCUT2D eigenvalue weighted by molar-refractivity contribution is 5.79. The molecule has 0 radical (unpaired) electrons. The molecule has 1 amide bonds. The van der Waals surface area contributed by atoms with Crippen LogP contribution >= 0.6 is 0 Å². The van der Waals surface area contributed by atoms with E-state index in [0.717, 1.165) is 12.1 Å². The number of carbonyl (C=O) groups is 2. The van der Waals surface area contributed by atoms with Gasteiger partial charge in [-0.05, 0) is 49.8 Å². The summed E-state index contributed by atoms with van der Waals surface area (Å²) in [5, 5.41) is 12.0. The van der Waals surface area contributed by atoms with Crippen LogP contribution in [0.5, 0.6) is 0 Å². The SMILES string of the molecule is O=C(O)C1CCC(C(=O)NC2CCOC2c2ccc(F)c(F)c2)CC1. The van der Waals surface area contributed by atoms with E-state index in [9.17, 15) is 18.4 Å². The Balaban J connectivity index is 1.60. The molecule has 5 nitrogen and oxygen atoms in total. The maximum Gasteiger partial charge on any atom is 0.306 e. The molecule has 0 bridgehead atoms. The molecule has 1 aromatic rings. The fourth-order valence-electron chi connectivity index (χ4n) is 3.66. The molecule has 7 heteroatoms. The van der Waals surface area contributed by atoms with Crippen molar-refractivity contribution in [3.05, 3.63) is 35.4 Å². The predicted octanol–water partition coefficient (Wildman–Crippen LogP) is 2.80. The van der Waals surface area contributed by atoms with Gasteiger partial charge in [-0.1, -0.05) is 6.07 Å². The van der Waals surface area contributed by atoms with Gasteiger partial charge in [-0.2, -0.15) is 0 Å². The van der Waals surface area contributed by atoms with Gasteiger partial charge in [0.1, 0.15) is 6.10 Å². The molecule has 1 aromatic carbocycles. The van der Waals surface area contributed by atoms with Gasteiger partial charge in [-0.15, -0.1) is 0 Å². The van der Waals surface area contributed by atoms with Crippen molar-refractivity contribution in [2.24, 2.45) is 11.8 Å². The summed E-state index contributed by atoms with van der Waals surface area (Å²) >= 11 is 0. The molecular weight excluding hydrogens is 332 g/mol. The Morgan fingerprint density at radius 3 is 2.36 bits per heavy atom. The molecule has 0 spiro atoms. The van der Waals surface area contributed by atoms with Gasteiger partial charge in [0.25, 0.3) is 0 Å². The molecule has 1 aliphatic carbocycles. The lowest BCUT2D eigenvalue weighted by Gasteiger charge is -2.27. The third kappa shape index (κ3) is 3.98. The lowest BCUT2D eigenvalue weighted by molar-refractivity contribution is -0.144. The number of carbonyl (C=O) groups excluding carboxylic acids is 1. The first kappa shape index (κ1) is 17.8. The van der Waals surface area contributed by atoms with E-state index in [0.29, 0.717) is 44.3 Å². The summed E-state index contributed by atoms with van der Waals surface area (Å²) in [5.41, 5.74) is 0.497. The van der Waals surface area contributed by atoms with E-state index in [1.54, 1.807) is 0 Å². The predicted molar refractivity (Wildman–Crippen MR) is 84.7 cm³/mol. The fraction of sp³-hybridized carbons (Fsp3) is 0.556. The van der Waals surface area contributed by atoms with Crippen LogP contribution in [0.15, 0.2) is 18.2 Å². The fourth-order valence-corrected chi connectivity index (χ4v) is 3.66. The Labute approximate surface area is 144 Å². The summed E-state index contributed by atoms with van der Waals surface area (Å²) in [6, 6.07) is 3.32. The number of nitrogens with one attached hydrogen (secondary N) is 1. The summed E-state index contributed by atoms with van der Waals surface area (Å²) in [6.45, 7) is 0.431. The summed E-state index contributed by atoms with van der Waals surface area (Å²) in [5.74, 6) is -3.36. The molecule has 1 saturated carbocycles. The molecule has 2 N–H and O–H groups in total. The topological polar surface area (TPSA) is 75.6 Å². The van der Waals surface area contributed by atoms with Gasteiger partial charge < -0.3 is 15.2 Å². The quantitative estimate of drug-likeness (QED) is 0.873. The van der Waals surface area contributed by atoms with E-state index in [2.05, 4.69) is 5.32 Å². The van der Waals surface area contributed by atoms with Gasteiger partial charge in [-0.3, -0.25) is 9.59 Å². The maximum atomic E-state index is 13.4. The largest absolute Gasteiger partial charge is 0.481 e. The molecule has 25 heavy (non-hydrogen) atoms. The van der Waals surface area contributed by atoms with Crippen LogP contribution in [0.1, 0.15) is 43.8 Å². The van der Waals surface area contributed by atoms with E-state index in [1.807, 2.05) is 0 Å². The number of aliphatic carboxylic acids is 1.